The number of fused-ring (bicyclic) bond motifs is 1. The van der Waals surface area contributed by atoms with Crippen molar-refractivity contribution >= 4 is 34.5 Å². The van der Waals surface area contributed by atoms with Gasteiger partial charge < -0.3 is 14.9 Å². The number of anilines is 1. The highest BCUT2D eigenvalue weighted by Crippen LogP contribution is 2.20. The molecule has 24 heavy (non-hydrogen) atoms. The van der Waals surface area contributed by atoms with Crippen LogP contribution in [-0.2, 0) is 18.3 Å². The van der Waals surface area contributed by atoms with Crippen molar-refractivity contribution in [2.24, 2.45) is 7.05 Å². The zero-order valence-corrected chi connectivity index (χ0v) is 14.2. The van der Waals surface area contributed by atoms with Gasteiger partial charge in [-0.3, -0.25) is 9.59 Å². The number of aromatic nitrogens is 4. The molecule has 0 spiro atoms. The van der Waals surface area contributed by atoms with Gasteiger partial charge >= 0.3 is 0 Å². The first-order valence-electron chi connectivity index (χ1n) is 7.50. The molecule has 0 bridgehead atoms. The molecule has 3 aromatic rings. The van der Waals surface area contributed by atoms with Crippen LogP contribution in [-0.4, -0.2) is 31.2 Å². The minimum Gasteiger partial charge on any atom is -0.325 e. The van der Waals surface area contributed by atoms with E-state index in [1.807, 2.05) is 24.3 Å². The van der Waals surface area contributed by atoms with Crippen molar-refractivity contribution in [3.63, 3.8) is 0 Å². The summed E-state index contributed by atoms with van der Waals surface area (Å²) in [4.78, 5) is 34.7. The molecule has 0 fully saturated rings. The van der Waals surface area contributed by atoms with Gasteiger partial charge in [0.15, 0.2) is 16.3 Å². The SMILES string of the molecule is CCc1cccc(NC(=O)CSc2nc3c(=O)[nH]cnc3n2C)c1. The Morgan fingerprint density at radius 2 is 2.25 bits per heavy atom. The van der Waals surface area contributed by atoms with E-state index in [4.69, 9.17) is 0 Å². The molecule has 8 heteroatoms. The van der Waals surface area contributed by atoms with Crippen molar-refractivity contribution in [1.82, 2.24) is 19.5 Å². The molecule has 0 unspecified atom stereocenters. The first-order valence-corrected chi connectivity index (χ1v) is 8.48. The Bertz CT molecular complexity index is 947. The topological polar surface area (TPSA) is 92.7 Å². The second-order valence-electron chi connectivity index (χ2n) is 5.25. The van der Waals surface area contributed by atoms with Gasteiger partial charge in [0, 0.05) is 12.7 Å². The third-order valence-corrected chi connectivity index (χ3v) is 4.60. The molecular formula is C16H17N5O2S. The smallest absolute Gasteiger partial charge is 0.278 e. The number of aryl methyl sites for hydroxylation is 2. The van der Waals surface area contributed by atoms with Crippen LogP contribution in [0.2, 0.25) is 0 Å². The van der Waals surface area contributed by atoms with E-state index in [2.05, 4.69) is 27.2 Å². The summed E-state index contributed by atoms with van der Waals surface area (Å²) in [6, 6.07) is 7.76. The Kier molecular flexibility index (Phi) is 4.66. The number of amides is 1. The summed E-state index contributed by atoms with van der Waals surface area (Å²) in [6.45, 7) is 2.07. The van der Waals surface area contributed by atoms with Crippen LogP contribution in [0.4, 0.5) is 5.69 Å². The maximum atomic E-state index is 12.1. The fourth-order valence-electron chi connectivity index (χ4n) is 2.32. The lowest BCUT2D eigenvalue weighted by atomic mass is 10.1. The lowest BCUT2D eigenvalue weighted by molar-refractivity contribution is -0.113. The molecule has 0 aliphatic rings. The number of H-pyrrole nitrogens is 1. The summed E-state index contributed by atoms with van der Waals surface area (Å²) in [5.41, 5.74) is 2.43. The van der Waals surface area contributed by atoms with E-state index in [9.17, 15) is 9.59 Å². The molecule has 124 valence electrons. The number of hydrogen-bond acceptors (Lipinski definition) is 5. The normalized spacial score (nSPS) is 10.9. The average Bonchev–Trinajstić information content (AvgIpc) is 2.91. The summed E-state index contributed by atoms with van der Waals surface area (Å²) in [5, 5.41) is 3.45. The summed E-state index contributed by atoms with van der Waals surface area (Å²) < 4.78 is 1.71. The second kappa shape index (κ2) is 6.88. The average molecular weight is 343 g/mol. The monoisotopic (exact) mass is 343 g/mol. The highest BCUT2D eigenvalue weighted by molar-refractivity contribution is 7.99. The molecular weight excluding hydrogens is 326 g/mol. The molecule has 3 rings (SSSR count). The van der Waals surface area contributed by atoms with Gasteiger partial charge in [-0.05, 0) is 24.1 Å². The Hall–Kier alpha value is -2.61. The van der Waals surface area contributed by atoms with E-state index in [1.54, 1.807) is 11.6 Å². The van der Waals surface area contributed by atoms with Gasteiger partial charge in [-0.1, -0.05) is 30.8 Å². The summed E-state index contributed by atoms with van der Waals surface area (Å²) in [6.07, 6.45) is 2.26. The fourth-order valence-corrected chi connectivity index (χ4v) is 3.08. The van der Waals surface area contributed by atoms with E-state index in [0.29, 0.717) is 10.8 Å². The van der Waals surface area contributed by atoms with E-state index in [0.717, 1.165) is 12.1 Å². The standard InChI is InChI=1S/C16H17N5O2S/c1-3-10-5-4-6-11(7-10)19-12(22)8-24-16-20-13-14(21(16)2)17-9-18-15(13)23/h4-7,9H,3,8H2,1-2H3,(H,19,22)(H,17,18,23). The van der Waals surface area contributed by atoms with Crippen LogP contribution in [0.1, 0.15) is 12.5 Å². The number of rotatable bonds is 5. The third kappa shape index (κ3) is 3.33. The number of thioether (sulfide) groups is 1. The quantitative estimate of drug-likeness (QED) is 0.691. The summed E-state index contributed by atoms with van der Waals surface area (Å²) in [7, 11) is 1.77. The Morgan fingerprint density at radius 3 is 3.00 bits per heavy atom. The van der Waals surface area contributed by atoms with Gasteiger partial charge in [-0.15, -0.1) is 0 Å². The van der Waals surface area contributed by atoms with Crippen LogP contribution in [0.25, 0.3) is 11.2 Å². The Morgan fingerprint density at radius 1 is 1.42 bits per heavy atom. The van der Waals surface area contributed by atoms with Crippen LogP contribution >= 0.6 is 11.8 Å². The molecule has 2 aromatic heterocycles. The third-order valence-electron chi connectivity index (χ3n) is 3.57. The van der Waals surface area contributed by atoms with Gasteiger partial charge in [0.05, 0.1) is 12.1 Å². The highest BCUT2D eigenvalue weighted by atomic mass is 32.2. The molecule has 0 aliphatic carbocycles. The van der Waals surface area contributed by atoms with Gasteiger partial charge in [-0.2, -0.15) is 0 Å². The zero-order valence-electron chi connectivity index (χ0n) is 13.4. The van der Waals surface area contributed by atoms with E-state index < -0.39 is 0 Å². The molecule has 0 radical (unpaired) electrons. The van der Waals surface area contributed by atoms with E-state index >= 15 is 0 Å². The van der Waals surface area contributed by atoms with E-state index in [-0.39, 0.29) is 22.7 Å². The van der Waals surface area contributed by atoms with E-state index in [1.165, 1.54) is 23.7 Å². The van der Waals surface area contributed by atoms with Crippen LogP contribution in [0.3, 0.4) is 0 Å². The molecule has 0 aliphatic heterocycles. The number of nitrogens with one attached hydrogen (secondary N) is 2. The Labute approximate surface area is 142 Å². The lowest BCUT2D eigenvalue weighted by Gasteiger charge is -2.06. The molecule has 1 aromatic carbocycles. The largest absolute Gasteiger partial charge is 0.325 e. The fraction of sp³-hybridized carbons (Fsp3) is 0.250. The molecule has 2 N–H and O–H groups in total. The second-order valence-corrected chi connectivity index (χ2v) is 6.19. The Balaban J connectivity index is 1.69. The maximum Gasteiger partial charge on any atom is 0.278 e. The van der Waals surface area contributed by atoms with Crippen LogP contribution in [0.5, 0.6) is 0 Å². The lowest BCUT2D eigenvalue weighted by Crippen LogP contribution is -2.14. The maximum absolute atomic E-state index is 12.1. The number of aromatic amines is 1. The van der Waals surface area contributed by atoms with Gasteiger partial charge in [0.25, 0.3) is 5.56 Å². The minimum atomic E-state index is -0.289. The molecule has 1 amide bonds. The number of benzene rings is 1. The highest BCUT2D eigenvalue weighted by Gasteiger charge is 2.13. The van der Waals surface area contributed by atoms with Crippen molar-refractivity contribution in [3.05, 3.63) is 46.5 Å². The molecule has 2 heterocycles. The van der Waals surface area contributed by atoms with Crippen molar-refractivity contribution in [2.45, 2.75) is 18.5 Å². The predicted molar refractivity (Wildman–Crippen MR) is 94.3 cm³/mol. The van der Waals surface area contributed by atoms with Crippen molar-refractivity contribution in [1.29, 1.82) is 0 Å². The summed E-state index contributed by atoms with van der Waals surface area (Å²) >= 11 is 1.27. The van der Waals surface area contributed by atoms with Crippen molar-refractivity contribution in [2.75, 3.05) is 11.1 Å². The first-order chi connectivity index (χ1) is 11.6. The van der Waals surface area contributed by atoms with Crippen molar-refractivity contribution < 1.29 is 4.79 Å². The molecule has 0 saturated heterocycles. The van der Waals surface area contributed by atoms with Crippen molar-refractivity contribution in [3.8, 4) is 0 Å². The first kappa shape index (κ1) is 16.3. The van der Waals surface area contributed by atoms with Crippen LogP contribution < -0.4 is 10.9 Å². The molecule has 0 atom stereocenters. The van der Waals surface area contributed by atoms with Gasteiger partial charge in [0.1, 0.15) is 0 Å². The minimum absolute atomic E-state index is 0.123. The summed E-state index contributed by atoms with van der Waals surface area (Å²) in [5.74, 6) is 0.0768. The number of nitrogens with zero attached hydrogens (tertiary/aromatic N) is 3. The number of carbonyl (C=O) groups excluding carboxylic acids is 1. The van der Waals surface area contributed by atoms with Gasteiger partial charge in [-0.25, -0.2) is 9.97 Å². The van der Waals surface area contributed by atoms with Crippen LogP contribution in [0.15, 0.2) is 40.5 Å². The number of carbonyl (C=O) groups is 1. The number of imidazole rings is 1. The number of hydrogen-bond donors (Lipinski definition) is 2. The van der Waals surface area contributed by atoms with Gasteiger partial charge in [0.2, 0.25) is 5.91 Å². The zero-order chi connectivity index (χ0) is 17.1. The molecule has 7 nitrogen and oxygen atoms in total. The predicted octanol–water partition coefficient (Wildman–Crippen LogP) is 1.95. The van der Waals surface area contributed by atoms with Crippen LogP contribution in [0, 0.1) is 0 Å². The molecule has 0 saturated carbocycles.